The molecule has 1 aliphatic heterocycles. The molecule has 1 aromatic heterocycles. The van der Waals surface area contributed by atoms with Gasteiger partial charge in [-0.25, -0.2) is 4.68 Å². The molecule has 2 heterocycles. The normalized spacial score (nSPS) is 15.6. The number of nitrogen functional groups attached to an aromatic ring is 1. The van der Waals surface area contributed by atoms with Gasteiger partial charge < -0.3 is 5.73 Å². The second-order valence-electron chi connectivity index (χ2n) is 3.34. The van der Waals surface area contributed by atoms with Crippen molar-refractivity contribution in [3.63, 3.8) is 0 Å². The van der Waals surface area contributed by atoms with E-state index in [1.54, 1.807) is 0 Å². The summed E-state index contributed by atoms with van der Waals surface area (Å²) in [6.07, 6.45) is 0. The van der Waals surface area contributed by atoms with Gasteiger partial charge in [0, 0.05) is 23.1 Å². The van der Waals surface area contributed by atoms with Crippen LogP contribution in [0.1, 0.15) is 31.1 Å². The molecule has 2 rings (SSSR count). The average Bonchev–Trinajstić information content (AvgIpc) is 2.53. The molecular formula is C8H13N3S. The van der Waals surface area contributed by atoms with Crippen LogP contribution in [0.5, 0.6) is 0 Å². The molecule has 0 aliphatic carbocycles. The van der Waals surface area contributed by atoms with Gasteiger partial charge in [0.2, 0.25) is 0 Å². The molecule has 4 heteroatoms. The third kappa shape index (κ3) is 1.02. The summed E-state index contributed by atoms with van der Waals surface area (Å²) in [6, 6.07) is 0.376. The number of hydrogen-bond donors (Lipinski definition) is 1. The van der Waals surface area contributed by atoms with Gasteiger partial charge in [0.25, 0.3) is 0 Å². The highest BCUT2D eigenvalue weighted by Crippen LogP contribution is 2.34. The average molecular weight is 183 g/mol. The van der Waals surface area contributed by atoms with Crippen LogP contribution >= 0.6 is 11.8 Å². The third-order valence-electron chi connectivity index (χ3n) is 2.11. The van der Waals surface area contributed by atoms with Crippen molar-refractivity contribution in [2.75, 3.05) is 5.73 Å². The standard InChI is InChI=1S/C8H13N3S/c1-5(2)11-8(9)6-3-12-4-7(6)10-11/h5H,3-4,9H2,1-2H3. The highest BCUT2D eigenvalue weighted by molar-refractivity contribution is 7.98. The van der Waals surface area contributed by atoms with Crippen molar-refractivity contribution in [1.29, 1.82) is 0 Å². The number of hydrogen-bond acceptors (Lipinski definition) is 3. The summed E-state index contributed by atoms with van der Waals surface area (Å²) in [6.45, 7) is 4.21. The van der Waals surface area contributed by atoms with Crippen molar-refractivity contribution in [2.24, 2.45) is 0 Å². The number of thioether (sulfide) groups is 1. The summed E-state index contributed by atoms with van der Waals surface area (Å²) in [5, 5.41) is 4.46. The minimum Gasteiger partial charge on any atom is -0.384 e. The lowest BCUT2D eigenvalue weighted by Gasteiger charge is -2.07. The minimum atomic E-state index is 0.376. The van der Waals surface area contributed by atoms with Crippen molar-refractivity contribution in [3.05, 3.63) is 11.3 Å². The molecule has 1 aromatic rings. The lowest BCUT2D eigenvalue weighted by molar-refractivity contribution is 0.536. The zero-order valence-electron chi connectivity index (χ0n) is 7.37. The van der Waals surface area contributed by atoms with Crippen LogP contribution in [0.2, 0.25) is 0 Å². The number of nitrogens with zero attached hydrogens (tertiary/aromatic N) is 2. The Morgan fingerprint density at radius 1 is 1.50 bits per heavy atom. The lowest BCUT2D eigenvalue weighted by Crippen LogP contribution is -2.07. The first-order valence-corrected chi connectivity index (χ1v) is 5.29. The molecule has 0 aromatic carbocycles. The Hall–Kier alpha value is -0.640. The molecule has 0 fully saturated rings. The monoisotopic (exact) mass is 183 g/mol. The molecule has 3 nitrogen and oxygen atoms in total. The van der Waals surface area contributed by atoms with Crippen LogP contribution in [0.3, 0.4) is 0 Å². The zero-order chi connectivity index (χ0) is 8.72. The maximum Gasteiger partial charge on any atom is 0.126 e. The van der Waals surface area contributed by atoms with Crippen molar-refractivity contribution in [3.8, 4) is 0 Å². The molecule has 0 saturated heterocycles. The molecule has 66 valence electrons. The topological polar surface area (TPSA) is 43.8 Å². The van der Waals surface area contributed by atoms with E-state index in [1.807, 2.05) is 16.4 Å². The van der Waals surface area contributed by atoms with Crippen LogP contribution < -0.4 is 5.73 Å². The summed E-state index contributed by atoms with van der Waals surface area (Å²) in [7, 11) is 0. The Balaban J connectivity index is 2.47. The van der Waals surface area contributed by atoms with Gasteiger partial charge in [0.1, 0.15) is 5.82 Å². The second-order valence-corrected chi connectivity index (χ2v) is 4.33. The third-order valence-corrected chi connectivity index (χ3v) is 3.08. The lowest BCUT2D eigenvalue weighted by atomic mass is 10.3. The molecule has 0 radical (unpaired) electrons. The first-order chi connectivity index (χ1) is 5.70. The van der Waals surface area contributed by atoms with E-state index in [-0.39, 0.29) is 0 Å². The number of rotatable bonds is 1. The Morgan fingerprint density at radius 2 is 2.25 bits per heavy atom. The quantitative estimate of drug-likeness (QED) is 0.722. The minimum absolute atomic E-state index is 0.376. The van der Waals surface area contributed by atoms with Crippen molar-refractivity contribution < 1.29 is 0 Å². The van der Waals surface area contributed by atoms with Gasteiger partial charge in [0.05, 0.1) is 5.69 Å². The maximum atomic E-state index is 5.94. The zero-order valence-corrected chi connectivity index (χ0v) is 8.19. The summed E-state index contributed by atoms with van der Waals surface area (Å²) in [5.41, 5.74) is 8.39. The highest BCUT2D eigenvalue weighted by Gasteiger charge is 2.21. The predicted octanol–water partition coefficient (Wildman–Crippen LogP) is 1.79. The first kappa shape index (κ1) is 7.98. The Kier molecular flexibility index (Phi) is 1.79. The number of aromatic nitrogens is 2. The SMILES string of the molecule is CC(C)n1nc2c(c1N)CSC2. The molecule has 0 atom stereocenters. The fourth-order valence-electron chi connectivity index (χ4n) is 1.45. The molecular weight excluding hydrogens is 170 g/mol. The van der Waals surface area contributed by atoms with Gasteiger partial charge in [-0.15, -0.1) is 0 Å². The van der Waals surface area contributed by atoms with E-state index in [0.29, 0.717) is 6.04 Å². The first-order valence-electron chi connectivity index (χ1n) is 4.13. The van der Waals surface area contributed by atoms with Crippen LogP contribution in [0.4, 0.5) is 5.82 Å². The van der Waals surface area contributed by atoms with E-state index in [0.717, 1.165) is 17.3 Å². The van der Waals surface area contributed by atoms with E-state index in [9.17, 15) is 0 Å². The number of anilines is 1. The molecule has 12 heavy (non-hydrogen) atoms. The van der Waals surface area contributed by atoms with Crippen LogP contribution in [-0.2, 0) is 11.5 Å². The van der Waals surface area contributed by atoms with Crippen LogP contribution in [0.25, 0.3) is 0 Å². The summed E-state index contributed by atoms with van der Waals surface area (Å²) in [5.74, 6) is 2.93. The number of nitrogens with two attached hydrogens (primary N) is 1. The van der Waals surface area contributed by atoms with Gasteiger partial charge in [0.15, 0.2) is 0 Å². The molecule has 2 N–H and O–H groups in total. The van der Waals surface area contributed by atoms with Crippen molar-refractivity contribution >= 4 is 17.6 Å². The van der Waals surface area contributed by atoms with E-state index < -0.39 is 0 Å². The maximum absolute atomic E-state index is 5.94. The van der Waals surface area contributed by atoms with Gasteiger partial charge in [-0.3, -0.25) is 0 Å². The number of fused-ring (bicyclic) bond motifs is 1. The molecule has 1 aliphatic rings. The second kappa shape index (κ2) is 2.69. The van der Waals surface area contributed by atoms with Crippen LogP contribution in [0, 0.1) is 0 Å². The molecule has 0 spiro atoms. The summed E-state index contributed by atoms with van der Waals surface area (Å²) < 4.78 is 1.92. The van der Waals surface area contributed by atoms with Crippen LogP contribution in [0.15, 0.2) is 0 Å². The van der Waals surface area contributed by atoms with E-state index >= 15 is 0 Å². The predicted molar refractivity (Wildman–Crippen MR) is 52.0 cm³/mol. The summed E-state index contributed by atoms with van der Waals surface area (Å²) in [4.78, 5) is 0. The molecule has 0 bridgehead atoms. The van der Waals surface area contributed by atoms with Gasteiger partial charge in [-0.1, -0.05) is 0 Å². The van der Waals surface area contributed by atoms with Crippen molar-refractivity contribution in [1.82, 2.24) is 9.78 Å². The Morgan fingerprint density at radius 3 is 2.83 bits per heavy atom. The van der Waals surface area contributed by atoms with Crippen molar-refractivity contribution in [2.45, 2.75) is 31.4 Å². The van der Waals surface area contributed by atoms with Gasteiger partial charge in [-0.05, 0) is 13.8 Å². The van der Waals surface area contributed by atoms with E-state index in [1.165, 1.54) is 11.3 Å². The molecule has 0 amide bonds. The van der Waals surface area contributed by atoms with E-state index in [4.69, 9.17) is 5.73 Å². The van der Waals surface area contributed by atoms with Crippen LogP contribution in [-0.4, -0.2) is 9.78 Å². The van der Waals surface area contributed by atoms with Gasteiger partial charge in [-0.2, -0.15) is 16.9 Å². The Labute approximate surface area is 76.3 Å². The fourth-order valence-corrected chi connectivity index (χ4v) is 2.49. The highest BCUT2D eigenvalue weighted by atomic mass is 32.2. The Bertz CT molecular complexity index is 303. The largest absolute Gasteiger partial charge is 0.384 e. The molecule has 0 saturated carbocycles. The smallest absolute Gasteiger partial charge is 0.126 e. The van der Waals surface area contributed by atoms with Gasteiger partial charge >= 0.3 is 0 Å². The fraction of sp³-hybridized carbons (Fsp3) is 0.625. The molecule has 0 unspecified atom stereocenters. The van der Waals surface area contributed by atoms with E-state index in [2.05, 4.69) is 18.9 Å². The summed E-state index contributed by atoms with van der Waals surface area (Å²) >= 11 is 1.89.